The number of nitrogens with zero attached hydrogens (tertiary/aromatic N) is 3. The molecular formula is C42H34IrN3. The minimum Gasteiger partial charge on any atom is -0.304 e. The summed E-state index contributed by atoms with van der Waals surface area (Å²) in [4.78, 5) is 13.2. The van der Waals surface area contributed by atoms with E-state index in [2.05, 4.69) is 33.2 Å². The normalized spacial score (nSPS) is 11.1. The van der Waals surface area contributed by atoms with E-state index in [1.165, 1.54) is 0 Å². The molecule has 0 aliphatic rings. The Kier molecular flexibility index (Phi) is 11.3. The quantitative estimate of drug-likeness (QED) is 0.167. The molecule has 3 nitrogen and oxygen atoms in total. The molecule has 46 heavy (non-hydrogen) atoms. The maximum absolute atomic E-state index is 7.82. The third-order valence-corrected chi connectivity index (χ3v) is 6.72. The number of pyridine rings is 3. The monoisotopic (exact) mass is 776 g/mol. The van der Waals surface area contributed by atoms with Crippen LogP contribution in [0.1, 0.15) is 21.1 Å². The molecule has 7 aromatic rings. The Labute approximate surface area is 290 Å². The summed E-state index contributed by atoms with van der Waals surface area (Å²) in [5.41, 5.74) is 9.34. The molecule has 0 atom stereocenters. The van der Waals surface area contributed by atoms with E-state index < -0.39 is 6.85 Å². The molecule has 0 spiro atoms. The van der Waals surface area contributed by atoms with Crippen molar-refractivity contribution in [3.8, 4) is 44.9 Å². The van der Waals surface area contributed by atoms with Crippen molar-refractivity contribution in [1.82, 2.24) is 15.0 Å². The Morgan fingerprint density at radius 1 is 0.522 bits per heavy atom. The van der Waals surface area contributed by atoms with E-state index in [1.54, 1.807) is 18.3 Å². The molecule has 0 saturated carbocycles. The van der Waals surface area contributed by atoms with Crippen molar-refractivity contribution in [3.63, 3.8) is 0 Å². The van der Waals surface area contributed by atoms with Crippen LogP contribution in [0.15, 0.2) is 152 Å². The summed E-state index contributed by atoms with van der Waals surface area (Å²) in [6, 6.07) is 55.6. The van der Waals surface area contributed by atoms with Crippen molar-refractivity contribution >= 4 is 0 Å². The number of aryl methyl sites for hydroxylation is 3. The number of hydrogen-bond donors (Lipinski definition) is 0. The van der Waals surface area contributed by atoms with Crippen LogP contribution in [0.3, 0.4) is 0 Å². The van der Waals surface area contributed by atoms with E-state index in [0.29, 0.717) is 16.8 Å². The summed E-state index contributed by atoms with van der Waals surface area (Å²) in [7, 11) is 0. The van der Waals surface area contributed by atoms with Gasteiger partial charge in [0, 0.05) is 27.3 Å². The van der Waals surface area contributed by atoms with Gasteiger partial charge in [0.15, 0.2) is 0 Å². The van der Waals surface area contributed by atoms with Gasteiger partial charge in [-0.05, 0) is 61.0 Å². The fourth-order valence-electron chi connectivity index (χ4n) is 4.49. The first-order chi connectivity index (χ1) is 23.3. The van der Waals surface area contributed by atoms with Crippen LogP contribution in [-0.2, 0) is 20.1 Å². The molecule has 226 valence electrons. The summed E-state index contributed by atoms with van der Waals surface area (Å²) < 4.78 is 23.5. The van der Waals surface area contributed by atoms with Crippen molar-refractivity contribution in [3.05, 3.63) is 187 Å². The van der Waals surface area contributed by atoms with Crippen LogP contribution >= 0.6 is 0 Å². The Morgan fingerprint density at radius 3 is 1.43 bits per heavy atom. The van der Waals surface area contributed by atoms with E-state index in [1.807, 2.05) is 147 Å². The molecule has 0 amide bonds. The Balaban J connectivity index is 0.000000173. The molecule has 0 saturated heterocycles. The summed E-state index contributed by atoms with van der Waals surface area (Å²) >= 11 is 0. The molecule has 3 heterocycles. The predicted octanol–water partition coefficient (Wildman–Crippen LogP) is 10.2. The molecular weight excluding hydrogens is 739 g/mol. The zero-order chi connectivity index (χ0) is 33.8. The van der Waals surface area contributed by atoms with Crippen LogP contribution in [0.4, 0.5) is 0 Å². The third kappa shape index (κ3) is 9.74. The van der Waals surface area contributed by atoms with Crippen molar-refractivity contribution in [2.45, 2.75) is 20.7 Å². The van der Waals surface area contributed by atoms with Crippen LogP contribution in [-0.4, -0.2) is 15.0 Å². The number of hydrogen-bond acceptors (Lipinski definition) is 3. The molecule has 4 aromatic carbocycles. The maximum Gasteiger partial charge on any atom is 3.00 e. The third-order valence-electron chi connectivity index (χ3n) is 6.72. The fraction of sp³-hybridized carbons (Fsp3) is 0.0714. The van der Waals surface area contributed by atoms with E-state index in [4.69, 9.17) is 4.11 Å². The first-order valence-corrected chi connectivity index (χ1v) is 14.6. The van der Waals surface area contributed by atoms with Gasteiger partial charge in [-0.25, -0.2) is 0 Å². The summed E-state index contributed by atoms with van der Waals surface area (Å²) in [5, 5.41) is 0. The van der Waals surface area contributed by atoms with Gasteiger partial charge in [-0.3, -0.25) is 0 Å². The van der Waals surface area contributed by atoms with Gasteiger partial charge in [0.05, 0.1) is 0 Å². The van der Waals surface area contributed by atoms with Crippen LogP contribution in [0.2, 0.25) is 0 Å². The van der Waals surface area contributed by atoms with Crippen molar-refractivity contribution in [2.75, 3.05) is 0 Å². The zero-order valence-electron chi connectivity index (χ0n) is 28.6. The molecule has 0 unspecified atom stereocenters. The SMILES string of the molecule is Cc1cccc(-c2[c-]cccc2)n1.Cc1cccc(-c2[c-]cccc2)n1.[2H]C([2H])([2H])c1cc(-c2[c-]cccc2)ncc1-c1ccccc1.[Ir+3]. The van der Waals surface area contributed by atoms with Gasteiger partial charge in [0.2, 0.25) is 0 Å². The molecule has 0 bridgehead atoms. The smallest absolute Gasteiger partial charge is 0.304 e. The summed E-state index contributed by atoms with van der Waals surface area (Å²) in [6.45, 7) is 1.79. The van der Waals surface area contributed by atoms with Crippen LogP contribution in [0.5, 0.6) is 0 Å². The molecule has 0 radical (unpaired) electrons. The zero-order valence-corrected chi connectivity index (χ0v) is 28.0. The van der Waals surface area contributed by atoms with E-state index >= 15 is 0 Å². The van der Waals surface area contributed by atoms with Crippen LogP contribution < -0.4 is 0 Å². The van der Waals surface area contributed by atoms with E-state index in [9.17, 15) is 0 Å². The van der Waals surface area contributed by atoms with Gasteiger partial charge in [-0.1, -0.05) is 60.7 Å². The van der Waals surface area contributed by atoms with E-state index in [-0.39, 0.29) is 20.1 Å². The number of rotatable bonds is 4. The Bertz CT molecular complexity index is 1940. The van der Waals surface area contributed by atoms with Gasteiger partial charge in [-0.2, -0.15) is 0 Å². The topological polar surface area (TPSA) is 38.7 Å². The van der Waals surface area contributed by atoms with Gasteiger partial charge in [0.1, 0.15) is 0 Å². The van der Waals surface area contributed by atoms with E-state index in [0.717, 1.165) is 45.0 Å². The summed E-state index contributed by atoms with van der Waals surface area (Å²) in [5.74, 6) is 0. The fourth-order valence-corrected chi connectivity index (χ4v) is 4.49. The molecule has 7 rings (SSSR count). The van der Waals surface area contributed by atoms with Crippen molar-refractivity contribution in [2.24, 2.45) is 0 Å². The molecule has 4 heteroatoms. The minimum atomic E-state index is -2.20. The second-order valence-corrected chi connectivity index (χ2v) is 10.1. The van der Waals surface area contributed by atoms with Gasteiger partial charge in [0.25, 0.3) is 0 Å². The number of aromatic nitrogens is 3. The first-order valence-electron chi connectivity index (χ1n) is 16.1. The molecule has 3 aromatic heterocycles. The first kappa shape index (κ1) is 29.7. The molecule has 0 aliphatic heterocycles. The molecule has 0 aliphatic carbocycles. The Hall–Kier alpha value is -5.02. The van der Waals surface area contributed by atoms with Gasteiger partial charge < -0.3 is 15.0 Å². The predicted molar refractivity (Wildman–Crippen MR) is 185 cm³/mol. The van der Waals surface area contributed by atoms with Gasteiger partial charge in [-0.15, -0.1) is 108 Å². The number of benzene rings is 4. The van der Waals surface area contributed by atoms with Crippen LogP contribution in [0, 0.1) is 38.9 Å². The molecule has 0 N–H and O–H groups in total. The largest absolute Gasteiger partial charge is 3.00 e. The molecule has 0 fully saturated rings. The average molecular weight is 776 g/mol. The van der Waals surface area contributed by atoms with Crippen molar-refractivity contribution in [1.29, 1.82) is 0 Å². The van der Waals surface area contributed by atoms with Crippen LogP contribution in [0.25, 0.3) is 44.9 Å². The standard InChI is InChI=1S/C18H14N.2C12H10N.Ir/c1-14-12-18(16-10-6-3-7-11-16)19-13-17(14)15-8-4-2-5-9-15;2*1-10-6-5-9-12(13-10)11-7-3-2-4-8-11;/h2-10,12-13H,1H3;2*2-7,9H,1H3;/q3*-1;+3/i1D3;;;. The minimum absolute atomic E-state index is 0. The Morgan fingerprint density at radius 2 is 1.00 bits per heavy atom. The summed E-state index contributed by atoms with van der Waals surface area (Å²) in [6.07, 6.45) is 1.63. The average Bonchev–Trinajstić information content (AvgIpc) is 3.13. The second-order valence-electron chi connectivity index (χ2n) is 10.1. The second kappa shape index (κ2) is 17.5. The van der Waals surface area contributed by atoms with Gasteiger partial charge >= 0.3 is 20.1 Å². The maximum atomic E-state index is 7.82. The van der Waals surface area contributed by atoms with Crippen molar-refractivity contribution < 1.29 is 24.2 Å².